The van der Waals surface area contributed by atoms with E-state index in [0.29, 0.717) is 0 Å². The predicted molar refractivity (Wildman–Crippen MR) is 140 cm³/mol. The van der Waals surface area contributed by atoms with Crippen LogP contribution in [0.3, 0.4) is 0 Å². The maximum Gasteiger partial charge on any atom is 0.305 e. The van der Waals surface area contributed by atoms with Gasteiger partial charge in [-0.15, -0.1) is 0 Å². The van der Waals surface area contributed by atoms with E-state index in [0.717, 1.165) is 11.8 Å². The van der Waals surface area contributed by atoms with E-state index in [2.05, 4.69) is 15.4 Å². The van der Waals surface area contributed by atoms with E-state index in [4.69, 9.17) is 14.2 Å². The molecule has 0 aromatic rings. The summed E-state index contributed by atoms with van der Waals surface area (Å²) >= 11 is 0.911. The highest BCUT2D eigenvalue weighted by molar-refractivity contribution is 8.13. The standard InChI is InChI=1S/C25H42N2O11S/c1-16(28)12-18(30)14-25(36-5)37-15-24(2,3)22(38-25)23(34)27-9-8-19(31)26-10-11-39-21(33)13-17(29)6-7-20(32)35-4/h16,18,22,28,30H,6-15H2,1-5H3,(H,26,31)(H,27,34)/t16?,18?,22-,25?/m0/s1. The lowest BCUT2D eigenvalue weighted by atomic mass is 9.85. The molecule has 3 unspecified atom stereocenters. The van der Waals surface area contributed by atoms with Gasteiger partial charge < -0.3 is 39.8 Å². The highest BCUT2D eigenvalue weighted by atomic mass is 32.2. The van der Waals surface area contributed by atoms with Crippen LogP contribution >= 0.6 is 11.8 Å². The molecule has 0 saturated carbocycles. The van der Waals surface area contributed by atoms with Gasteiger partial charge >= 0.3 is 5.97 Å². The molecule has 4 atom stereocenters. The van der Waals surface area contributed by atoms with Crippen molar-refractivity contribution < 1.29 is 53.1 Å². The lowest BCUT2D eigenvalue weighted by Crippen LogP contribution is -2.60. The molecule has 0 aromatic heterocycles. The minimum Gasteiger partial charge on any atom is -0.469 e. The van der Waals surface area contributed by atoms with E-state index in [1.165, 1.54) is 14.2 Å². The van der Waals surface area contributed by atoms with E-state index < -0.39 is 41.6 Å². The van der Waals surface area contributed by atoms with E-state index in [1.54, 1.807) is 20.8 Å². The molecule has 14 heteroatoms. The Morgan fingerprint density at radius 1 is 1.05 bits per heavy atom. The molecule has 13 nitrogen and oxygen atoms in total. The van der Waals surface area contributed by atoms with Gasteiger partial charge in [0, 0.05) is 44.2 Å². The number of ketones is 1. The molecule has 0 bridgehead atoms. The van der Waals surface area contributed by atoms with Crippen molar-refractivity contribution in [3.8, 4) is 0 Å². The van der Waals surface area contributed by atoms with Crippen LogP contribution < -0.4 is 10.6 Å². The first-order valence-electron chi connectivity index (χ1n) is 12.7. The Bertz CT molecular complexity index is 852. The van der Waals surface area contributed by atoms with Crippen LogP contribution in [0.5, 0.6) is 0 Å². The van der Waals surface area contributed by atoms with Crippen molar-refractivity contribution in [2.24, 2.45) is 5.41 Å². The molecular weight excluding hydrogens is 536 g/mol. The molecule has 1 aliphatic heterocycles. The summed E-state index contributed by atoms with van der Waals surface area (Å²) in [5.41, 5.74) is -0.728. The van der Waals surface area contributed by atoms with Gasteiger partial charge in [-0.05, 0) is 13.3 Å². The Morgan fingerprint density at radius 3 is 2.36 bits per heavy atom. The van der Waals surface area contributed by atoms with Crippen molar-refractivity contribution in [1.29, 1.82) is 0 Å². The van der Waals surface area contributed by atoms with Crippen molar-refractivity contribution in [2.75, 3.05) is 39.7 Å². The van der Waals surface area contributed by atoms with Crippen LogP contribution in [0, 0.1) is 5.41 Å². The summed E-state index contributed by atoms with van der Waals surface area (Å²) in [6, 6.07) is 0. The lowest BCUT2D eigenvalue weighted by molar-refractivity contribution is -0.429. The summed E-state index contributed by atoms with van der Waals surface area (Å²) in [5, 5.41) is 24.7. The third-order valence-corrected chi connectivity index (χ3v) is 6.71. The molecule has 1 rings (SSSR count). The maximum atomic E-state index is 12.9. The molecular formula is C25H42N2O11S. The number of aliphatic hydroxyl groups is 2. The number of carbonyl (C=O) groups excluding carboxylic acids is 5. The number of aliphatic hydroxyl groups excluding tert-OH is 2. The van der Waals surface area contributed by atoms with Crippen molar-refractivity contribution in [3.05, 3.63) is 0 Å². The summed E-state index contributed by atoms with van der Waals surface area (Å²) in [4.78, 5) is 59.6. The van der Waals surface area contributed by atoms with Crippen molar-refractivity contribution in [1.82, 2.24) is 10.6 Å². The topological polar surface area (TPSA) is 187 Å². The van der Waals surface area contributed by atoms with Crippen LogP contribution in [0.2, 0.25) is 0 Å². The molecule has 1 fully saturated rings. The molecule has 1 heterocycles. The predicted octanol–water partition coefficient (Wildman–Crippen LogP) is 0.0448. The van der Waals surface area contributed by atoms with Gasteiger partial charge in [-0.3, -0.25) is 24.0 Å². The minimum atomic E-state index is -1.66. The number of esters is 1. The van der Waals surface area contributed by atoms with Crippen LogP contribution in [0.15, 0.2) is 0 Å². The first kappa shape index (κ1) is 34.9. The molecule has 0 aromatic carbocycles. The Labute approximate surface area is 233 Å². The zero-order valence-corrected chi connectivity index (χ0v) is 24.1. The monoisotopic (exact) mass is 578 g/mol. The highest BCUT2D eigenvalue weighted by Crippen LogP contribution is 2.38. The van der Waals surface area contributed by atoms with Gasteiger partial charge in [0.2, 0.25) is 11.8 Å². The van der Waals surface area contributed by atoms with Crippen LogP contribution in [-0.4, -0.2) is 103 Å². The molecule has 39 heavy (non-hydrogen) atoms. The van der Waals surface area contributed by atoms with Gasteiger partial charge in [0.25, 0.3) is 5.97 Å². The fourth-order valence-corrected chi connectivity index (χ4v) is 4.39. The zero-order valence-electron chi connectivity index (χ0n) is 23.3. The van der Waals surface area contributed by atoms with Gasteiger partial charge in [0.15, 0.2) is 5.12 Å². The van der Waals surface area contributed by atoms with Crippen molar-refractivity contribution >= 4 is 40.4 Å². The largest absolute Gasteiger partial charge is 0.469 e. The van der Waals surface area contributed by atoms with E-state index >= 15 is 0 Å². The van der Waals surface area contributed by atoms with Crippen LogP contribution in [-0.2, 0) is 42.9 Å². The van der Waals surface area contributed by atoms with E-state index in [-0.39, 0.29) is 80.8 Å². The number of carbonyl (C=O) groups is 5. The molecule has 1 saturated heterocycles. The van der Waals surface area contributed by atoms with Gasteiger partial charge in [0.05, 0.1) is 45.2 Å². The SMILES string of the molecule is COC(=O)CCC(=O)CC(=O)SCCNC(=O)CCNC(=O)[C@@H]1OC(CC(O)CC(C)O)(OC)OCC1(C)C. The summed E-state index contributed by atoms with van der Waals surface area (Å²) in [6.45, 7) is 5.43. The smallest absolute Gasteiger partial charge is 0.305 e. The fraction of sp³-hybridized carbons (Fsp3) is 0.800. The number of Topliss-reactive ketones (excluding diaryl/α,β-unsaturated/α-hetero) is 1. The highest BCUT2D eigenvalue weighted by Gasteiger charge is 2.51. The number of hydrogen-bond acceptors (Lipinski definition) is 12. The maximum absolute atomic E-state index is 12.9. The zero-order chi connectivity index (χ0) is 29.6. The van der Waals surface area contributed by atoms with Gasteiger partial charge in [-0.1, -0.05) is 25.6 Å². The molecule has 2 amide bonds. The Morgan fingerprint density at radius 2 is 1.74 bits per heavy atom. The van der Waals surface area contributed by atoms with Crippen LogP contribution in [0.1, 0.15) is 59.3 Å². The summed E-state index contributed by atoms with van der Waals surface area (Å²) < 4.78 is 21.4. The Kier molecular flexibility index (Phi) is 15.1. The average molecular weight is 579 g/mol. The first-order chi connectivity index (χ1) is 18.2. The van der Waals surface area contributed by atoms with E-state index in [1.807, 2.05) is 0 Å². The molecule has 224 valence electrons. The number of rotatable bonds is 17. The van der Waals surface area contributed by atoms with Crippen molar-refractivity contribution in [3.63, 3.8) is 0 Å². The molecule has 0 radical (unpaired) electrons. The molecule has 1 aliphatic rings. The minimum absolute atomic E-state index is 0.0114. The first-order valence-corrected chi connectivity index (χ1v) is 13.7. The Hall–Kier alpha value is -2.10. The van der Waals surface area contributed by atoms with Crippen molar-refractivity contribution in [2.45, 2.75) is 83.6 Å². The van der Waals surface area contributed by atoms with Gasteiger partial charge in [-0.2, -0.15) is 0 Å². The fourth-order valence-electron chi connectivity index (χ4n) is 3.70. The third-order valence-electron chi connectivity index (χ3n) is 5.83. The van der Waals surface area contributed by atoms with Gasteiger partial charge in [0.1, 0.15) is 11.9 Å². The second-order valence-corrected chi connectivity index (χ2v) is 11.2. The Balaban J connectivity index is 2.41. The van der Waals surface area contributed by atoms with Crippen LogP contribution in [0.4, 0.5) is 0 Å². The molecule has 0 spiro atoms. The number of ether oxygens (including phenoxy) is 4. The number of nitrogens with one attached hydrogen (secondary N) is 2. The van der Waals surface area contributed by atoms with Crippen LogP contribution in [0.25, 0.3) is 0 Å². The number of thioether (sulfide) groups is 1. The third kappa shape index (κ3) is 13.2. The number of methoxy groups -OCH3 is 2. The molecule has 0 aliphatic carbocycles. The van der Waals surface area contributed by atoms with Gasteiger partial charge in [-0.25, -0.2) is 0 Å². The second kappa shape index (κ2) is 16.9. The summed E-state index contributed by atoms with van der Waals surface area (Å²) in [6.07, 6.45) is -3.20. The second-order valence-electron chi connectivity index (χ2n) is 10.0. The van der Waals surface area contributed by atoms with E-state index in [9.17, 15) is 34.2 Å². The summed E-state index contributed by atoms with van der Waals surface area (Å²) in [5.74, 6) is -3.07. The normalized spacial score (nSPS) is 21.9. The quantitative estimate of drug-likeness (QED) is 0.103. The summed E-state index contributed by atoms with van der Waals surface area (Å²) in [7, 11) is 2.56. The average Bonchev–Trinajstić information content (AvgIpc) is 2.85. The number of amides is 2. The lowest BCUT2D eigenvalue weighted by Gasteiger charge is -2.47. The number of hydrogen-bond donors (Lipinski definition) is 4. The molecule has 4 N–H and O–H groups in total.